The Hall–Kier alpha value is -2.50. The van der Waals surface area contributed by atoms with Gasteiger partial charge in [-0.15, -0.1) is 11.8 Å². The van der Waals surface area contributed by atoms with Crippen molar-refractivity contribution in [3.63, 3.8) is 0 Å². The highest BCUT2D eigenvalue weighted by molar-refractivity contribution is 7.99. The fourth-order valence-electron chi connectivity index (χ4n) is 2.57. The molecule has 1 aromatic rings. The molecule has 2 N–H and O–H groups in total. The molecule has 1 aliphatic rings. The molecule has 0 aromatic carbocycles. The predicted octanol–water partition coefficient (Wildman–Crippen LogP) is 1.87. The Morgan fingerprint density at radius 2 is 2.10 bits per heavy atom. The van der Waals surface area contributed by atoms with Crippen LogP contribution in [0.1, 0.15) is 28.9 Å². The highest BCUT2D eigenvalue weighted by Crippen LogP contribution is 2.27. The average Bonchev–Trinajstić information content (AvgIpc) is 3.23. The van der Waals surface area contributed by atoms with Crippen molar-refractivity contribution >= 4 is 29.7 Å². The number of methoxy groups -OCH3 is 1. The molecule has 1 fully saturated rings. The van der Waals surface area contributed by atoms with Gasteiger partial charge in [-0.3, -0.25) is 14.6 Å². The molecular weight excluding hydrogens is 413 g/mol. The number of hydrogen-bond donors (Lipinski definition) is 2. The molecule has 2 rings (SSSR count). The summed E-state index contributed by atoms with van der Waals surface area (Å²) in [5, 5.41) is 5.05. The number of ether oxygens (including phenoxy) is 1. The van der Waals surface area contributed by atoms with E-state index in [0.717, 1.165) is 24.1 Å². The second-order valence-corrected chi connectivity index (χ2v) is 7.23. The maximum Gasteiger partial charge on any atom is 0.433 e. The smallest absolute Gasteiger partial charge is 0.433 e. The van der Waals surface area contributed by atoms with E-state index in [0.29, 0.717) is 18.8 Å². The van der Waals surface area contributed by atoms with Gasteiger partial charge in [-0.25, -0.2) is 4.79 Å². The van der Waals surface area contributed by atoms with Gasteiger partial charge >= 0.3 is 12.3 Å². The lowest BCUT2D eigenvalue weighted by atomic mass is 10.1. The van der Waals surface area contributed by atoms with Crippen LogP contribution in [-0.4, -0.2) is 65.7 Å². The van der Waals surface area contributed by atoms with Gasteiger partial charge in [0.15, 0.2) is 0 Å². The molecule has 1 unspecified atom stereocenters. The molecular formula is C17H21F3N4O4S. The first-order chi connectivity index (χ1) is 13.7. The topological polar surface area (TPSA) is 101 Å². The maximum atomic E-state index is 12.5. The fraction of sp³-hybridized carbons (Fsp3) is 0.529. The molecule has 8 nitrogen and oxygen atoms in total. The highest BCUT2D eigenvalue weighted by atomic mass is 32.2. The number of pyridine rings is 1. The number of thioether (sulfide) groups is 1. The number of alkyl halides is 3. The number of halogens is 3. The summed E-state index contributed by atoms with van der Waals surface area (Å²) in [5.74, 6) is 0.577. The van der Waals surface area contributed by atoms with Gasteiger partial charge in [-0.1, -0.05) is 0 Å². The van der Waals surface area contributed by atoms with E-state index < -0.39 is 29.9 Å². The summed E-state index contributed by atoms with van der Waals surface area (Å²) in [6.45, 7) is 0.766. The summed E-state index contributed by atoms with van der Waals surface area (Å²) in [5.41, 5.74) is -1.09. The van der Waals surface area contributed by atoms with Crippen LogP contribution in [-0.2, 0) is 15.7 Å². The van der Waals surface area contributed by atoms with Gasteiger partial charge in [-0.2, -0.15) is 13.2 Å². The summed E-state index contributed by atoms with van der Waals surface area (Å²) < 4.78 is 42.1. The number of rotatable bonds is 7. The van der Waals surface area contributed by atoms with Gasteiger partial charge in [0.25, 0.3) is 5.91 Å². The fourth-order valence-corrected chi connectivity index (χ4v) is 3.53. The normalized spacial score (nSPS) is 15.0. The number of hydrogen-bond acceptors (Lipinski definition) is 6. The van der Waals surface area contributed by atoms with E-state index in [9.17, 15) is 27.6 Å². The number of carbonyl (C=O) groups is 3. The van der Waals surface area contributed by atoms with Crippen molar-refractivity contribution in [3.05, 3.63) is 29.6 Å². The molecule has 0 spiro atoms. The molecule has 160 valence electrons. The molecule has 0 bridgehead atoms. The summed E-state index contributed by atoms with van der Waals surface area (Å²) in [6, 6.07) is 0.991. The summed E-state index contributed by atoms with van der Waals surface area (Å²) in [4.78, 5) is 40.9. The van der Waals surface area contributed by atoms with Crippen molar-refractivity contribution in [3.8, 4) is 0 Å². The first kappa shape index (κ1) is 22.8. The lowest BCUT2D eigenvalue weighted by Gasteiger charge is -2.23. The zero-order valence-corrected chi connectivity index (χ0v) is 16.4. The van der Waals surface area contributed by atoms with Gasteiger partial charge in [0, 0.05) is 25.0 Å². The maximum absolute atomic E-state index is 12.5. The highest BCUT2D eigenvalue weighted by Gasteiger charge is 2.32. The van der Waals surface area contributed by atoms with Gasteiger partial charge in [0.05, 0.1) is 18.6 Å². The molecule has 0 aliphatic carbocycles. The van der Waals surface area contributed by atoms with E-state index in [1.54, 1.807) is 16.7 Å². The van der Waals surface area contributed by atoms with Gasteiger partial charge in [0.1, 0.15) is 11.7 Å². The first-order valence-electron chi connectivity index (χ1n) is 8.75. The third-order valence-corrected chi connectivity index (χ3v) is 5.08. The molecule has 29 heavy (non-hydrogen) atoms. The predicted molar refractivity (Wildman–Crippen MR) is 99.2 cm³/mol. The second kappa shape index (κ2) is 10.3. The van der Waals surface area contributed by atoms with E-state index in [4.69, 9.17) is 0 Å². The van der Waals surface area contributed by atoms with Crippen molar-refractivity contribution in [1.82, 2.24) is 20.5 Å². The quantitative estimate of drug-likeness (QED) is 0.636. The Labute approximate surface area is 169 Å². The Morgan fingerprint density at radius 3 is 2.66 bits per heavy atom. The molecule has 0 saturated carbocycles. The summed E-state index contributed by atoms with van der Waals surface area (Å²) in [6.07, 6.45) is -3.82. The lowest BCUT2D eigenvalue weighted by Crippen LogP contribution is -2.48. The zero-order valence-electron chi connectivity index (χ0n) is 15.6. The summed E-state index contributed by atoms with van der Waals surface area (Å²) in [7, 11) is 1.20. The van der Waals surface area contributed by atoms with Crippen molar-refractivity contribution in [1.29, 1.82) is 0 Å². The molecule has 1 aliphatic heterocycles. The van der Waals surface area contributed by atoms with Crippen LogP contribution in [0.3, 0.4) is 0 Å². The van der Waals surface area contributed by atoms with Crippen LogP contribution >= 0.6 is 11.8 Å². The molecule has 12 heteroatoms. The number of aromatic nitrogens is 1. The van der Waals surface area contributed by atoms with Crippen molar-refractivity contribution in [2.24, 2.45) is 0 Å². The van der Waals surface area contributed by atoms with Crippen LogP contribution in [0.15, 0.2) is 18.3 Å². The lowest BCUT2D eigenvalue weighted by molar-refractivity contribution is -0.141. The van der Waals surface area contributed by atoms with Crippen LogP contribution < -0.4 is 10.6 Å². The van der Waals surface area contributed by atoms with Gasteiger partial charge in [0.2, 0.25) is 5.91 Å². The Bertz CT molecular complexity index is 724. The van der Waals surface area contributed by atoms with Crippen molar-refractivity contribution < 1.29 is 32.3 Å². The van der Waals surface area contributed by atoms with Crippen LogP contribution in [0.5, 0.6) is 0 Å². The molecule has 1 atom stereocenters. The number of carbonyl (C=O) groups excluding carboxylic acids is 3. The number of nitrogens with zero attached hydrogens (tertiary/aromatic N) is 2. The van der Waals surface area contributed by atoms with Crippen molar-refractivity contribution in [2.45, 2.75) is 25.1 Å². The SMILES string of the molecule is COC(=O)NC(CCCNC(=O)c1ccc(C(F)(F)F)nc1)C(=O)N1CCSC1. The average molecular weight is 434 g/mol. The Balaban J connectivity index is 1.84. The second-order valence-electron chi connectivity index (χ2n) is 6.16. The first-order valence-corrected chi connectivity index (χ1v) is 9.90. The minimum Gasteiger partial charge on any atom is -0.453 e. The van der Waals surface area contributed by atoms with Crippen LogP contribution in [0.4, 0.5) is 18.0 Å². The van der Waals surface area contributed by atoms with Crippen LogP contribution in [0.25, 0.3) is 0 Å². The van der Waals surface area contributed by atoms with Crippen LogP contribution in [0.2, 0.25) is 0 Å². The minimum absolute atomic E-state index is 0.00703. The Morgan fingerprint density at radius 1 is 1.34 bits per heavy atom. The Kier molecular flexibility index (Phi) is 8.11. The molecule has 1 aromatic heterocycles. The number of nitrogens with one attached hydrogen (secondary N) is 2. The third-order valence-electron chi connectivity index (χ3n) is 4.11. The van der Waals surface area contributed by atoms with E-state index in [1.165, 1.54) is 7.11 Å². The largest absolute Gasteiger partial charge is 0.453 e. The number of amides is 3. The van der Waals surface area contributed by atoms with E-state index in [-0.39, 0.29) is 24.4 Å². The molecule has 2 heterocycles. The standard InChI is InChI=1S/C17H21F3N4O4S/c1-28-16(27)23-12(15(26)24-7-8-29-10-24)3-2-6-21-14(25)11-4-5-13(22-9-11)17(18,19)20/h4-5,9,12H,2-3,6-8,10H2,1H3,(H,21,25)(H,23,27). The molecule has 1 saturated heterocycles. The van der Waals surface area contributed by atoms with Crippen LogP contribution in [0, 0.1) is 0 Å². The monoisotopic (exact) mass is 434 g/mol. The van der Waals surface area contributed by atoms with E-state index in [2.05, 4.69) is 20.4 Å². The van der Waals surface area contributed by atoms with E-state index >= 15 is 0 Å². The third kappa shape index (κ3) is 6.80. The van der Waals surface area contributed by atoms with Gasteiger partial charge in [-0.05, 0) is 25.0 Å². The number of alkyl carbamates (subject to hydrolysis) is 1. The van der Waals surface area contributed by atoms with Crippen molar-refractivity contribution in [2.75, 3.05) is 31.8 Å². The molecule has 0 radical (unpaired) electrons. The minimum atomic E-state index is -4.57. The van der Waals surface area contributed by atoms with E-state index in [1.807, 2.05) is 0 Å². The summed E-state index contributed by atoms with van der Waals surface area (Å²) >= 11 is 1.61. The van der Waals surface area contributed by atoms with Gasteiger partial charge < -0.3 is 20.3 Å². The molecule has 3 amide bonds. The zero-order chi connectivity index (χ0) is 21.4.